The third-order valence-corrected chi connectivity index (χ3v) is 11.8. The van der Waals surface area contributed by atoms with E-state index in [1.54, 1.807) is 0 Å². The Morgan fingerprint density at radius 2 is 1.94 bits per heavy atom. The molecule has 0 aromatic heterocycles. The van der Waals surface area contributed by atoms with Gasteiger partial charge in [-0.2, -0.15) is 0 Å². The van der Waals surface area contributed by atoms with Crippen LogP contribution in [0.3, 0.4) is 0 Å². The monoisotopic (exact) mass is 449 g/mol. The van der Waals surface area contributed by atoms with Crippen LogP contribution in [0.5, 0.6) is 0 Å². The SMILES string of the molecule is CCN1C[C@@]2(C)CC[C@@H](OC)[C@]34C1[C@@]1(OCO[C@]15C[C@@H](OC)[C@@H]1C[C@H]3[C@H]5[C@H]1OC)[C@H](O)[C@@H]24. The lowest BCUT2D eigenvalue weighted by atomic mass is 9.43. The normalized spacial score (nSPS) is 64.1. The Morgan fingerprint density at radius 3 is 2.62 bits per heavy atom. The fraction of sp³-hybridized carbons (Fsp3) is 1.00. The van der Waals surface area contributed by atoms with Gasteiger partial charge in [-0.15, -0.1) is 0 Å². The summed E-state index contributed by atoms with van der Waals surface area (Å²) in [4.78, 5) is 2.64. The largest absolute Gasteiger partial charge is 0.390 e. The molecule has 0 amide bonds. The minimum Gasteiger partial charge on any atom is -0.390 e. The van der Waals surface area contributed by atoms with Crippen molar-refractivity contribution >= 4 is 0 Å². The van der Waals surface area contributed by atoms with Gasteiger partial charge in [-0.05, 0) is 37.1 Å². The summed E-state index contributed by atoms with van der Waals surface area (Å²) in [5.41, 5.74) is -1.48. The molecule has 2 aliphatic heterocycles. The molecule has 7 aliphatic rings. The Kier molecular flexibility index (Phi) is 4.13. The van der Waals surface area contributed by atoms with Crippen LogP contribution in [-0.2, 0) is 23.7 Å². The number of methoxy groups -OCH3 is 3. The van der Waals surface area contributed by atoms with Crippen LogP contribution in [0.15, 0.2) is 0 Å². The van der Waals surface area contributed by atoms with Gasteiger partial charge in [0.2, 0.25) is 0 Å². The quantitative estimate of drug-likeness (QED) is 0.700. The first kappa shape index (κ1) is 21.0. The van der Waals surface area contributed by atoms with Crippen molar-refractivity contribution in [2.45, 2.75) is 81.2 Å². The van der Waals surface area contributed by atoms with E-state index in [1.165, 1.54) is 0 Å². The van der Waals surface area contributed by atoms with Crippen LogP contribution in [-0.4, -0.2) is 92.9 Å². The van der Waals surface area contributed by atoms with E-state index < -0.39 is 17.3 Å². The molecule has 0 aromatic rings. The molecular formula is C25H39NO6. The van der Waals surface area contributed by atoms with Crippen LogP contribution in [0.4, 0.5) is 0 Å². The minimum atomic E-state index is -0.767. The Bertz CT molecular complexity index is 826. The van der Waals surface area contributed by atoms with E-state index in [4.69, 9.17) is 23.7 Å². The van der Waals surface area contributed by atoms with Crippen LogP contribution in [0.2, 0.25) is 0 Å². The maximum Gasteiger partial charge on any atom is 0.148 e. The second kappa shape index (κ2) is 6.28. The van der Waals surface area contributed by atoms with Gasteiger partial charge in [0.25, 0.3) is 0 Å². The van der Waals surface area contributed by atoms with E-state index in [0.717, 1.165) is 38.8 Å². The highest BCUT2D eigenvalue weighted by Gasteiger charge is 2.93. The van der Waals surface area contributed by atoms with Gasteiger partial charge in [0.15, 0.2) is 0 Å². The molecule has 1 N–H and O–H groups in total. The number of fused-ring (bicyclic) bond motifs is 1. The van der Waals surface area contributed by atoms with Gasteiger partial charge >= 0.3 is 0 Å². The molecule has 7 bridgehead atoms. The van der Waals surface area contributed by atoms with Crippen LogP contribution >= 0.6 is 0 Å². The average Bonchev–Trinajstić information content (AvgIpc) is 3.37. The third-order valence-electron chi connectivity index (χ3n) is 11.8. The second-order valence-corrected chi connectivity index (χ2v) is 12.1. The molecule has 3 spiro atoms. The van der Waals surface area contributed by atoms with Crippen LogP contribution in [0.25, 0.3) is 0 Å². The van der Waals surface area contributed by atoms with Crippen molar-refractivity contribution in [2.24, 2.45) is 34.5 Å². The molecule has 1 unspecified atom stereocenters. The number of ether oxygens (including phenoxy) is 5. The Morgan fingerprint density at radius 1 is 1.12 bits per heavy atom. The topological polar surface area (TPSA) is 69.6 Å². The highest BCUT2D eigenvalue weighted by atomic mass is 16.7. The number of rotatable bonds is 4. The molecule has 13 atom stereocenters. The number of likely N-dealkylation sites (tertiary alicyclic amines) is 1. The molecule has 0 radical (unpaired) electrons. The Balaban J connectivity index is 1.56. The Hall–Kier alpha value is -0.280. The fourth-order valence-electron chi connectivity index (χ4n) is 11.5. The average molecular weight is 450 g/mol. The molecule has 7 fully saturated rings. The maximum atomic E-state index is 12.4. The zero-order valence-corrected chi connectivity index (χ0v) is 20.1. The van der Waals surface area contributed by atoms with Gasteiger partial charge in [-0.25, -0.2) is 0 Å². The fourth-order valence-corrected chi connectivity index (χ4v) is 11.5. The van der Waals surface area contributed by atoms with Crippen molar-refractivity contribution in [1.82, 2.24) is 4.90 Å². The van der Waals surface area contributed by atoms with E-state index >= 15 is 0 Å². The number of aliphatic hydroxyl groups excluding tert-OH is 1. The molecular weight excluding hydrogens is 410 g/mol. The summed E-state index contributed by atoms with van der Waals surface area (Å²) in [6.45, 7) is 6.87. The number of likely N-dealkylation sites (N-methyl/N-ethyl adjacent to an activating group) is 1. The van der Waals surface area contributed by atoms with Crippen molar-refractivity contribution in [3.05, 3.63) is 0 Å². The number of aliphatic hydroxyl groups is 1. The molecule has 7 heteroatoms. The zero-order valence-electron chi connectivity index (χ0n) is 20.1. The lowest BCUT2D eigenvalue weighted by Gasteiger charge is -2.69. The molecule has 32 heavy (non-hydrogen) atoms. The number of piperidine rings is 1. The van der Waals surface area contributed by atoms with Gasteiger partial charge in [0, 0.05) is 57.5 Å². The van der Waals surface area contributed by atoms with E-state index in [2.05, 4.69) is 18.7 Å². The van der Waals surface area contributed by atoms with Crippen LogP contribution in [0, 0.1) is 34.5 Å². The molecule has 7 rings (SSSR count). The lowest BCUT2D eigenvalue weighted by Crippen LogP contribution is -2.80. The van der Waals surface area contributed by atoms with Gasteiger partial charge in [-0.3, -0.25) is 4.90 Å². The number of hydrogen-bond acceptors (Lipinski definition) is 7. The van der Waals surface area contributed by atoms with Crippen molar-refractivity contribution in [3.8, 4) is 0 Å². The summed E-state index contributed by atoms with van der Waals surface area (Å²) in [5.74, 6) is 1.05. The first-order valence-corrected chi connectivity index (χ1v) is 12.7. The van der Waals surface area contributed by atoms with Crippen molar-refractivity contribution in [3.63, 3.8) is 0 Å². The van der Waals surface area contributed by atoms with Gasteiger partial charge in [0.05, 0.1) is 30.5 Å². The molecule has 180 valence electrons. The van der Waals surface area contributed by atoms with Crippen LogP contribution in [0.1, 0.15) is 39.5 Å². The smallest absolute Gasteiger partial charge is 0.148 e. The standard InChI is InChI=1S/C25H39NO6/c1-6-26-11-22(2)8-7-16(29-4)24-14-9-13-15(28-3)10-23(17(14)18(13)30-5)25(21(24)26,32-12-31-23)20(27)19(22)24/h13-21,27H,6-12H2,1-5H3/t13-,14-,15+,16+,17-,18-,19-,20+,21?,22+,23-,24+,25-/m0/s1. The van der Waals surface area contributed by atoms with E-state index in [9.17, 15) is 5.11 Å². The van der Waals surface area contributed by atoms with Crippen LogP contribution < -0.4 is 0 Å². The number of nitrogens with zero attached hydrogens (tertiary/aromatic N) is 1. The van der Waals surface area contributed by atoms with Gasteiger partial charge in [0.1, 0.15) is 18.0 Å². The first-order chi connectivity index (χ1) is 15.4. The van der Waals surface area contributed by atoms with Gasteiger partial charge in [-0.1, -0.05) is 13.8 Å². The summed E-state index contributed by atoms with van der Waals surface area (Å²) in [7, 11) is 5.54. The number of hydrogen-bond donors (Lipinski definition) is 1. The summed E-state index contributed by atoms with van der Waals surface area (Å²) >= 11 is 0. The van der Waals surface area contributed by atoms with Crippen molar-refractivity contribution < 1.29 is 28.8 Å². The summed E-state index contributed by atoms with van der Waals surface area (Å²) in [6.07, 6.45) is 3.60. The molecule has 0 aromatic carbocycles. The second-order valence-electron chi connectivity index (χ2n) is 12.1. The molecule has 2 heterocycles. The molecule has 2 saturated heterocycles. The summed E-state index contributed by atoms with van der Waals surface area (Å²) < 4.78 is 32.2. The van der Waals surface area contributed by atoms with E-state index in [1.807, 2.05) is 21.3 Å². The molecule has 5 aliphatic carbocycles. The molecule has 7 nitrogen and oxygen atoms in total. The van der Waals surface area contributed by atoms with Crippen molar-refractivity contribution in [2.75, 3.05) is 41.2 Å². The highest BCUT2D eigenvalue weighted by Crippen LogP contribution is 2.82. The maximum absolute atomic E-state index is 12.4. The minimum absolute atomic E-state index is 0.0392. The molecule has 5 saturated carbocycles. The lowest BCUT2D eigenvalue weighted by molar-refractivity contribution is -0.282. The summed E-state index contributed by atoms with van der Waals surface area (Å²) in [6, 6.07) is 0.0916. The Labute approximate surface area is 191 Å². The zero-order chi connectivity index (χ0) is 22.3. The predicted octanol–water partition coefficient (Wildman–Crippen LogP) is 1.66. The predicted molar refractivity (Wildman–Crippen MR) is 115 cm³/mol. The van der Waals surface area contributed by atoms with E-state index in [0.29, 0.717) is 11.8 Å². The highest BCUT2D eigenvalue weighted by molar-refractivity contribution is 5.42. The first-order valence-electron chi connectivity index (χ1n) is 12.7. The van der Waals surface area contributed by atoms with E-state index in [-0.39, 0.29) is 53.8 Å². The summed E-state index contributed by atoms with van der Waals surface area (Å²) in [5, 5.41) is 12.4. The third kappa shape index (κ3) is 1.80. The van der Waals surface area contributed by atoms with Crippen molar-refractivity contribution in [1.29, 1.82) is 0 Å². The van der Waals surface area contributed by atoms with Gasteiger partial charge < -0.3 is 28.8 Å².